The Morgan fingerprint density at radius 3 is 1.95 bits per heavy atom. The van der Waals surface area contributed by atoms with Crippen LogP contribution in [-0.2, 0) is 0 Å². The van der Waals surface area contributed by atoms with Gasteiger partial charge in [0, 0.05) is 16.9 Å². The van der Waals surface area contributed by atoms with Gasteiger partial charge < -0.3 is 5.32 Å². The summed E-state index contributed by atoms with van der Waals surface area (Å²) in [6.07, 6.45) is 0. The first-order valence-corrected chi connectivity index (χ1v) is 12.7. The van der Waals surface area contributed by atoms with Gasteiger partial charge in [-0.15, -0.1) is 0 Å². The van der Waals surface area contributed by atoms with Gasteiger partial charge in [-0.1, -0.05) is 115 Å². The average Bonchev–Trinajstić information content (AvgIpc) is 2.97. The second-order valence-corrected chi connectivity index (χ2v) is 9.50. The van der Waals surface area contributed by atoms with Gasteiger partial charge >= 0.3 is 0 Å². The molecular weight excluding hydrogens is 446 g/mol. The third-order valence-corrected chi connectivity index (χ3v) is 7.21. The third kappa shape index (κ3) is 3.91. The van der Waals surface area contributed by atoms with Crippen LogP contribution in [0.5, 0.6) is 0 Å². The number of hydrogen-bond donors (Lipinski definition) is 1. The van der Waals surface area contributed by atoms with Crippen LogP contribution in [0.1, 0.15) is 0 Å². The lowest BCUT2D eigenvalue weighted by atomic mass is 9.92. The zero-order valence-corrected chi connectivity index (χ0v) is 20.4. The molecule has 0 unspecified atom stereocenters. The van der Waals surface area contributed by atoms with Crippen LogP contribution in [-0.4, -0.2) is 0 Å². The van der Waals surface area contributed by atoms with E-state index in [0.717, 1.165) is 11.4 Å². The molecule has 7 rings (SSSR count). The Morgan fingerprint density at radius 1 is 0.351 bits per heavy atom. The van der Waals surface area contributed by atoms with Crippen molar-refractivity contribution >= 4 is 43.7 Å². The molecule has 1 nitrogen and oxygen atoms in total. The van der Waals surface area contributed by atoms with Gasteiger partial charge in [0.05, 0.1) is 0 Å². The molecule has 0 saturated heterocycles. The van der Waals surface area contributed by atoms with Crippen LogP contribution in [0.3, 0.4) is 0 Å². The SMILES string of the molecule is c1ccc(-c2ccc3ccc(Nc4ccccc4-c4cc5ccccc5c5ccccc45)cc3c2)cc1. The Bertz CT molecular complexity index is 1900. The van der Waals surface area contributed by atoms with Gasteiger partial charge in [0.15, 0.2) is 0 Å². The molecule has 174 valence electrons. The van der Waals surface area contributed by atoms with E-state index in [1.165, 1.54) is 54.6 Å². The summed E-state index contributed by atoms with van der Waals surface area (Å²) >= 11 is 0. The smallest absolute Gasteiger partial charge is 0.0464 e. The molecule has 1 N–H and O–H groups in total. The van der Waals surface area contributed by atoms with Gasteiger partial charge in [-0.3, -0.25) is 0 Å². The molecule has 0 bridgehead atoms. The second-order valence-electron chi connectivity index (χ2n) is 9.50. The standard InChI is InChI=1S/C36H25N/c1-2-10-25(11-3-1)27-19-18-26-20-21-30(23-29(26)22-27)37-36-17-9-8-16-34(36)35-24-28-12-4-5-13-31(28)32-14-6-7-15-33(32)35/h1-24,37H. The maximum atomic E-state index is 3.74. The quantitative estimate of drug-likeness (QED) is 0.252. The Hall–Kier alpha value is -4.88. The summed E-state index contributed by atoms with van der Waals surface area (Å²) in [5, 5.41) is 11.3. The highest BCUT2D eigenvalue weighted by Crippen LogP contribution is 2.39. The van der Waals surface area contributed by atoms with Crippen LogP contribution in [0.4, 0.5) is 11.4 Å². The zero-order valence-electron chi connectivity index (χ0n) is 20.4. The van der Waals surface area contributed by atoms with Gasteiger partial charge in [0.2, 0.25) is 0 Å². The van der Waals surface area contributed by atoms with Crippen LogP contribution in [0.2, 0.25) is 0 Å². The van der Waals surface area contributed by atoms with Crippen molar-refractivity contribution in [1.29, 1.82) is 0 Å². The molecule has 0 radical (unpaired) electrons. The number of rotatable bonds is 4. The minimum absolute atomic E-state index is 1.08. The molecule has 1 heteroatoms. The predicted molar refractivity (Wildman–Crippen MR) is 160 cm³/mol. The van der Waals surface area contributed by atoms with Gasteiger partial charge in [-0.2, -0.15) is 0 Å². The maximum absolute atomic E-state index is 3.74. The van der Waals surface area contributed by atoms with Crippen molar-refractivity contribution < 1.29 is 0 Å². The summed E-state index contributed by atoms with van der Waals surface area (Å²) in [5.74, 6) is 0. The number of hydrogen-bond acceptors (Lipinski definition) is 1. The van der Waals surface area contributed by atoms with Gasteiger partial charge in [-0.05, 0) is 79.3 Å². The number of anilines is 2. The van der Waals surface area contributed by atoms with Crippen LogP contribution in [0.25, 0.3) is 54.6 Å². The van der Waals surface area contributed by atoms with Gasteiger partial charge in [0.1, 0.15) is 0 Å². The summed E-state index contributed by atoms with van der Waals surface area (Å²) in [5.41, 5.74) is 7.08. The van der Waals surface area contributed by atoms with Crippen LogP contribution in [0, 0.1) is 0 Å². The van der Waals surface area contributed by atoms with E-state index >= 15 is 0 Å². The fraction of sp³-hybridized carbons (Fsp3) is 0. The topological polar surface area (TPSA) is 12.0 Å². The van der Waals surface area contributed by atoms with E-state index in [1.54, 1.807) is 0 Å². The molecular formula is C36H25N. The molecule has 7 aromatic carbocycles. The first-order chi connectivity index (χ1) is 18.3. The van der Waals surface area contributed by atoms with E-state index in [1.807, 2.05) is 0 Å². The maximum Gasteiger partial charge on any atom is 0.0464 e. The molecule has 0 aliphatic heterocycles. The largest absolute Gasteiger partial charge is 0.355 e. The minimum atomic E-state index is 1.08. The third-order valence-electron chi connectivity index (χ3n) is 7.21. The first-order valence-electron chi connectivity index (χ1n) is 12.7. The Balaban J connectivity index is 1.33. The lowest BCUT2D eigenvalue weighted by molar-refractivity contribution is 1.56. The highest BCUT2D eigenvalue weighted by Gasteiger charge is 2.12. The second kappa shape index (κ2) is 8.96. The molecule has 0 fully saturated rings. The molecule has 0 heterocycles. The molecule has 7 aromatic rings. The highest BCUT2D eigenvalue weighted by molar-refractivity contribution is 6.14. The van der Waals surface area contributed by atoms with Crippen molar-refractivity contribution in [2.75, 3.05) is 5.32 Å². The monoisotopic (exact) mass is 471 g/mol. The van der Waals surface area contributed by atoms with Gasteiger partial charge in [0.25, 0.3) is 0 Å². The first kappa shape index (κ1) is 21.4. The van der Waals surface area contributed by atoms with Crippen molar-refractivity contribution in [3.63, 3.8) is 0 Å². The number of benzene rings is 7. The molecule has 0 spiro atoms. The van der Waals surface area contributed by atoms with Gasteiger partial charge in [-0.25, -0.2) is 0 Å². The molecule has 0 aliphatic carbocycles. The Morgan fingerprint density at radius 2 is 1.05 bits per heavy atom. The fourth-order valence-electron chi connectivity index (χ4n) is 5.39. The Kier molecular flexibility index (Phi) is 5.19. The molecule has 0 aromatic heterocycles. The molecule has 0 amide bonds. The molecule has 0 atom stereocenters. The normalized spacial score (nSPS) is 11.2. The van der Waals surface area contributed by atoms with Crippen molar-refractivity contribution in [3.05, 3.63) is 146 Å². The summed E-state index contributed by atoms with van der Waals surface area (Å²) in [4.78, 5) is 0. The number of para-hydroxylation sites is 1. The van der Waals surface area contributed by atoms with E-state index in [9.17, 15) is 0 Å². The number of fused-ring (bicyclic) bond motifs is 4. The average molecular weight is 472 g/mol. The summed E-state index contributed by atoms with van der Waals surface area (Å²) in [6, 6.07) is 52.1. The number of nitrogens with one attached hydrogen (secondary N) is 1. The van der Waals surface area contributed by atoms with Crippen LogP contribution >= 0.6 is 0 Å². The fourth-order valence-corrected chi connectivity index (χ4v) is 5.39. The summed E-state index contributed by atoms with van der Waals surface area (Å²) in [6.45, 7) is 0. The van der Waals surface area contributed by atoms with E-state index in [4.69, 9.17) is 0 Å². The van der Waals surface area contributed by atoms with E-state index in [2.05, 4.69) is 151 Å². The van der Waals surface area contributed by atoms with Crippen LogP contribution < -0.4 is 5.32 Å². The lowest BCUT2D eigenvalue weighted by Crippen LogP contribution is -1.94. The van der Waals surface area contributed by atoms with Crippen LogP contribution in [0.15, 0.2) is 146 Å². The molecule has 0 aliphatic rings. The summed E-state index contributed by atoms with van der Waals surface area (Å²) < 4.78 is 0. The van der Waals surface area contributed by atoms with Crippen molar-refractivity contribution in [2.24, 2.45) is 0 Å². The van der Waals surface area contributed by atoms with E-state index in [0.29, 0.717) is 0 Å². The minimum Gasteiger partial charge on any atom is -0.355 e. The van der Waals surface area contributed by atoms with Crippen molar-refractivity contribution in [2.45, 2.75) is 0 Å². The highest BCUT2D eigenvalue weighted by atomic mass is 14.9. The molecule has 0 saturated carbocycles. The van der Waals surface area contributed by atoms with E-state index < -0.39 is 0 Å². The lowest BCUT2D eigenvalue weighted by Gasteiger charge is -2.16. The predicted octanol–water partition coefficient (Wildman–Crippen LogP) is 10.2. The summed E-state index contributed by atoms with van der Waals surface area (Å²) in [7, 11) is 0. The van der Waals surface area contributed by atoms with Crippen molar-refractivity contribution in [1.82, 2.24) is 0 Å². The van der Waals surface area contributed by atoms with E-state index in [-0.39, 0.29) is 0 Å². The zero-order chi connectivity index (χ0) is 24.6. The molecule has 37 heavy (non-hydrogen) atoms. The van der Waals surface area contributed by atoms with Crippen molar-refractivity contribution in [3.8, 4) is 22.3 Å². The Labute approximate surface area is 216 Å².